The van der Waals surface area contributed by atoms with E-state index < -0.39 is 0 Å². The second-order valence-electron chi connectivity index (χ2n) is 10.8. The molecule has 2 atom stereocenters. The van der Waals surface area contributed by atoms with E-state index in [0.717, 1.165) is 70.1 Å². The van der Waals surface area contributed by atoms with Gasteiger partial charge >= 0.3 is 0 Å². The number of aromatic nitrogens is 2. The third-order valence-electron chi connectivity index (χ3n) is 8.33. The van der Waals surface area contributed by atoms with E-state index in [4.69, 9.17) is 4.98 Å². The van der Waals surface area contributed by atoms with E-state index in [1.807, 2.05) is 0 Å². The molecule has 1 aliphatic carbocycles. The number of hydrogen-bond donors (Lipinski definition) is 1. The average Bonchev–Trinajstić information content (AvgIpc) is 3.51. The zero-order valence-corrected chi connectivity index (χ0v) is 21.0. The van der Waals surface area contributed by atoms with Crippen molar-refractivity contribution < 1.29 is 4.79 Å². The van der Waals surface area contributed by atoms with Crippen molar-refractivity contribution in [2.75, 3.05) is 32.7 Å². The Labute approximate surface area is 204 Å². The Morgan fingerprint density at radius 2 is 2.09 bits per heavy atom. The lowest BCUT2D eigenvalue weighted by molar-refractivity contribution is -0.132. The number of amides is 1. The molecular formula is C28H41N5O. The topological polar surface area (TPSA) is 53.4 Å². The Bertz CT molecular complexity index is 1020. The van der Waals surface area contributed by atoms with Crippen LogP contribution in [0.4, 0.5) is 0 Å². The van der Waals surface area contributed by atoms with Crippen LogP contribution in [0.15, 0.2) is 36.2 Å². The summed E-state index contributed by atoms with van der Waals surface area (Å²) in [5, 5.41) is 3.52. The third kappa shape index (κ3) is 5.38. The molecule has 2 unspecified atom stereocenters. The number of nitrogens with zero attached hydrogens (tertiary/aromatic N) is 4. The van der Waals surface area contributed by atoms with E-state index in [9.17, 15) is 4.79 Å². The zero-order valence-electron chi connectivity index (χ0n) is 21.0. The predicted octanol–water partition coefficient (Wildman–Crippen LogP) is 4.73. The second kappa shape index (κ2) is 10.6. The van der Waals surface area contributed by atoms with Gasteiger partial charge in [0.2, 0.25) is 5.91 Å². The number of allylic oxidation sites excluding steroid dienone is 2. The van der Waals surface area contributed by atoms with Crippen LogP contribution in [0, 0.1) is 11.8 Å². The van der Waals surface area contributed by atoms with Crippen molar-refractivity contribution in [2.45, 2.75) is 71.3 Å². The SMILES string of the molecule is CCN1CC(c2cnc3c(ccn3CC3CCN(C(=O)CCC4=CCC(C)CC4)CC3)c2)CN1. The van der Waals surface area contributed by atoms with E-state index in [1.165, 1.54) is 35.8 Å². The first-order valence-electron chi connectivity index (χ1n) is 13.5. The molecule has 0 radical (unpaired) electrons. The maximum Gasteiger partial charge on any atom is 0.222 e. The highest BCUT2D eigenvalue weighted by Gasteiger charge is 2.25. The summed E-state index contributed by atoms with van der Waals surface area (Å²) in [5.41, 5.74) is 7.40. The number of carbonyl (C=O) groups excluding carboxylic acids is 1. The molecule has 5 rings (SSSR count). The first-order chi connectivity index (χ1) is 16.6. The number of hydrogen-bond acceptors (Lipinski definition) is 4. The molecular weight excluding hydrogens is 422 g/mol. The van der Waals surface area contributed by atoms with Gasteiger partial charge in [0, 0.05) is 69.4 Å². The fourth-order valence-electron chi connectivity index (χ4n) is 5.88. The van der Waals surface area contributed by atoms with Crippen molar-refractivity contribution in [3.63, 3.8) is 0 Å². The molecule has 2 aromatic heterocycles. The highest BCUT2D eigenvalue weighted by molar-refractivity contribution is 5.77. The number of likely N-dealkylation sites (tertiary alicyclic amines) is 1. The van der Waals surface area contributed by atoms with Gasteiger partial charge < -0.3 is 9.47 Å². The molecule has 0 bridgehead atoms. The summed E-state index contributed by atoms with van der Waals surface area (Å²) in [6.45, 7) is 10.4. The Morgan fingerprint density at radius 3 is 2.82 bits per heavy atom. The van der Waals surface area contributed by atoms with Crippen LogP contribution in [0.3, 0.4) is 0 Å². The van der Waals surface area contributed by atoms with Gasteiger partial charge in [0.15, 0.2) is 0 Å². The van der Waals surface area contributed by atoms with Crippen molar-refractivity contribution in [3.8, 4) is 0 Å². The standard InChI is InChI=1S/C28H41N5O/c1-3-33-20-26(18-30-33)25-16-24-12-15-32(28(24)29-17-25)19-23-10-13-31(14-11-23)27(34)9-8-22-6-4-21(2)5-7-22/h6,12,15-17,21,23,26,30H,3-5,7-11,13-14,18-20H2,1-2H3. The Kier molecular flexibility index (Phi) is 7.35. The van der Waals surface area contributed by atoms with Gasteiger partial charge in [0.25, 0.3) is 0 Å². The summed E-state index contributed by atoms with van der Waals surface area (Å²) >= 11 is 0. The Morgan fingerprint density at radius 1 is 1.24 bits per heavy atom. The van der Waals surface area contributed by atoms with E-state index in [1.54, 1.807) is 0 Å². The summed E-state index contributed by atoms with van der Waals surface area (Å²) < 4.78 is 2.32. The first kappa shape index (κ1) is 23.6. The van der Waals surface area contributed by atoms with Gasteiger partial charge in [-0.05, 0) is 68.1 Å². The van der Waals surface area contributed by atoms with Crippen LogP contribution in [0.25, 0.3) is 11.0 Å². The fraction of sp³-hybridized carbons (Fsp3) is 0.643. The van der Waals surface area contributed by atoms with E-state index in [2.05, 4.69) is 64.4 Å². The molecule has 2 fully saturated rings. The van der Waals surface area contributed by atoms with Crippen LogP contribution in [-0.2, 0) is 11.3 Å². The maximum atomic E-state index is 12.8. The van der Waals surface area contributed by atoms with Crippen molar-refractivity contribution in [1.29, 1.82) is 0 Å². The summed E-state index contributed by atoms with van der Waals surface area (Å²) in [4.78, 5) is 19.7. The Hall–Kier alpha value is -2.18. The number of rotatable bonds is 7. The van der Waals surface area contributed by atoms with Crippen LogP contribution in [0.1, 0.15) is 70.3 Å². The summed E-state index contributed by atoms with van der Waals surface area (Å²) in [5.74, 6) is 2.28. The van der Waals surface area contributed by atoms with Gasteiger partial charge in [0.05, 0.1) is 0 Å². The van der Waals surface area contributed by atoms with Crippen LogP contribution in [0.2, 0.25) is 0 Å². The number of hydrazine groups is 1. The lowest BCUT2D eigenvalue weighted by atomic mass is 9.89. The molecule has 1 N–H and O–H groups in total. The highest BCUT2D eigenvalue weighted by atomic mass is 16.2. The Balaban J connectivity index is 1.11. The monoisotopic (exact) mass is 463 g/mol. The largest absolute Gasteiger partial charge is 0.343 e. The number of nitrogens with one attached hydrogen (secondary N) is 1. The molecule has 2 saturated heterocycles. The van der Waals surface area contributed by atoms with E-state index >= 15 is 0 Å². The summed E-state index contributed by atoms with van der Waals surface area (Å²) in [6.07, 6.45) is 14.1. The molecule has 0 aromatic carbocycles. The maximum absolute atomic E-state index is 12.8. The minimum Gasteiger partial charge on any atom is -0.343 e. The van der Waals surface area contributed by atoms with Gasteiger partial charge in [-0.3, -0.25) is 10.2 Å². The number of piperidine rings is 1. The molecule has 1 amide bonds. The zero-order chi connectivity index (χ0) is 23.5. The van der Waals surface area contributed by atoms with Crippen LogP contribution in [-0.4, -0.2) is 58.1 Å². The lowest BCUT2D eigenvalue weighted by Crippen LogP contribution is -2.39. The van der Waals surface area contributed by atoms with Gasteiger partial charge in [-0.25, -0.2) is 9.99 Å². The van der Waals surface area contributed by atoms with Gasteiger partial charge in [0.1, 0.15) is 5.65 Å². The van der Waals surface area contributed by atoms with Crippen LogP contribution in [0.5, 0.6) is 0 Å². The minimum atomic E-state index is 0.349. The smallest absolute Gasteiger partial charge is 0.222 e. The summed E-state index contributed by atoms with van der Waals surface area (Å²) in [6, 6.07) is 4.54. The molecule has 6 nitrogen and oxygen atoms in total. The van der Waals surface area contributed by atoms with E-state index in [-0.39, 0.29) is 0 Å². The van der Waals surface area contributed by atoms with Crippen molar-refractivity contribution in [2.24, 2.45) is 11.8 Å². The normalized spacial score (nSPS) is 24.6. The van der Waals surface area contributed by atoms with Crippen molar-refractivity contribution >= 4 is 16.9 Å². The average molecular weight is 464 g/mol. The molecule has 0 spiro atoms. The molecule has 2 aromatic rings. The third-order valence-corrected chi connectivity index (χ3v) is 8.33. The molecule has 0 saturated carbocycles. The molecule has 2 aliphatic heterocycles. The molecule has 34 heavy (non-hydrogen) atoms. The highest BCUT2D eigenvalue weighted by Crippen LogP contribution is 2.28. The number of fused-ring (bicyclic) bond motifs is 1. The minimum absolute atomic E-state index is 0.349. The first-order valence-corrected chi connectivity index (χ1v) is 13.5. The number of carbonyl (C=O) groups is 1. The van der Waals surface area contributed by atoms with Crippen molar-refractivity contribution in [3.05, 3.63) is 41.7 Å². The van der Waals surface area contributed by atoms with Crippen LogP contribution < -0.4 is 5.43 Å². The molecule has 4 heterocycles. The second-order valence-corrected chi connectivity index (χ2v) is 10.8. The van der Waals surface area contributed by atoms with E-state index in [0.29, 0.717) is 24.2 Å². The number of pyridine rings is 1. The fourth-order valence-corrected chi connectivity index (χ4v) is 5.88. The predicted molar refractivity (Wildman–Crippen MR) is 137 cm³/mol. The quantitative estimate of drug-likeness (QED) is 0.604. The van der Waals surface area contributed by atoms with Gasteiger partial charge in [-0.2, -0.15) is 0 Å². The summed E-state index contributed by atoms with van der Waals surface area (Å²) in [7, 11) is 0. The molecule has 3 aliphatic rings. The lowest BCUT2D eigenvalue weighted by Gasteiger charge is -2.32. The van der Waals surface area contributed by atoms with Crippen molar-refractivity contribution in [1.82, 2.24) is 24.9 Å². The van der Waals surface area contributed by atoms with Gasteiger partial charge in [-0.1, -0.05) is 25.5 Å². The number of likely N-dealkylation sites (N-methyl/N-ethyl adjacent to an activating group) is 1. The van der Waals surface area contributed by atoms with Gasteiger partial charge in [-0.15, -0.1) is 0 Å². The van der Waals surface area contributed by atoms with Crippen LogP contribution >= 0.6 is 0 Å². The molecule has 184 valence electrons. The molecule has 6 heteroatoms.